The Morgan fingerprint density at radius 1 is 0.811 bits per heavy atom. The monoisotopic (exact) mass is 500 g/mol. The van der Waals surface area contributed by atoms with Gasteiger partial charge in [-0.05, 0) is 53.6 Å². The largest absolute Gasteiger partial charge is 0.493 e. The van der Waals surface area contributed by atoms with Crippen molar-refractivity contribution in [3.63, 3.8) is 0 Å². The molecule has 37 heavy (non-hydrogen) atoms. The van der Waals surface area contributed by atoms with Crippen molar-refractivity contribution in [3.05, 3.63) is 103 Å². The first-order valence-electron chi connectivity index (χ1n) is 11.6. The molecule has 190 valence electrons. The third-order valence-electron chi connectivity index (χ3n) is 5.68. The van der Waals surface area contributed by atoms with Crippen LogP contribution in [0, 0.1) is 5.82 Å². The van der Waals surface area contributed by atoms with Gasteiger partial charge < -0.3 is 36.3 Å². The van der Waals surface area contributed by atoms with Gasteiger partial charge in [-0.2, -0.15) is 0 Å². The summed E-state index contributed by atoms with van der Waals surface area (Å²) in [5, 5.41) is 6.37. The first-order chi connectivity index (χ1) is 18.0. The van der Waals surface area contributed by atoms with E-state index in [0.29, 0.717) is 35.0 Å². The zero-order valence-electron chi connectivity index (χ0n) is 20.6. The summed E-state index contributed by atoms with van der Waals surface area (Å²) in [6.07, 6.45) is 3.01. The van der Waals surface area contributed by atoms with Crippen LogP contribution in [0.1, 0.15) is 5.56 Å². The lowest BCUT2D eigenvalue weighted by Gasteiger charge is -2.13. The Hall–Kier alpha value is -4.85. The van der Waals surface area contributed by atoms with Gasteiger partial charge >= 0.3 is 0 Å². The van der Waals surface area contributed by atoms with E-state index in [0.717, 1.165) is 22.5 Å². The number of hydrogen-bond acceptors (Lipinski definition) is 7. The van der Waals surface area contributed by atoms with Gasteiger partial charge in [0.2, 0.25) is 0 Å². The smallest absolute Gasteiger partial charge is 0.167 e. The molecule has 0 aliphatic rings. The van der Waals surface area contributed by atoms with Gasteiger partial charge in [-0.1, -0.05) is 24.3 Å². The summed E-state index contributed by atoms with van der Waals surface area (Å²) in [5.41, 5.74) is 16.1. The van der Waals surface area contributed by atoms with E-state index >= 15 is 0 Å². The van der Waals surface area contributed by atoms with Crippen LogP contribution in [0.2, 0.25) is 0 Å². The van der Waals surface area contributed by atoms with Crippen LogP contribution in [0.4, 0.5) is 21.5 Å². The molecule has 0 fully saturated rings. The van der Waals surface area contributed by atoms with Crippen LogP contribution in [0.25, 0.3) is 11.1 Å². The molecule has 0 radical (unpaired) electrons. The fourth-order valence-electron chi connectivity index (χ4n) is 3.74. The fraction of sp³-hybridized carbons (Fsp3) is 0.103. The molecule has 0 saturated carbocycles. The molecule has 0 unspecified atom stereocenters. The van der Waals surface area contributed by atoms with Gasteiger partial charge in [0.05, 0.1) is 14.2 Å². The first-order valence-corrected chi connectivity index (χ1v) is 11.6. The Labute approximate surface area is 215 Å². The van der Waals surface area contributed by atoms with E-state index in [1.807, 2.05) is 42.5 Å². The normalized spacial score (nSPS) is 10.8. The second kappa shape index (κ2) is 11.7. The quantitative estimate of drug-likeness (QED) is 0.188. The molecule has 0 aromatic heterocycles. The minimum atomic E-state index is -0.537. The third kappa shape index (κ3) is 6.24. The van der Waals surface area contributed by atoms with Crippen molar-refractivity contribution in [3.8, 4) is 34.1 Å². The molecule has 7 nitrogen and oxygen atoms in total. The molecule has 0 aliphatic heterocycles. The predicted molar refractivity (Wildman–Crippen MR) is 147 cm³/mol. The number of methoxy groups -OCH3 is 2. The summed E-state index contributed by atoms with van der Waals surface area (Å²) in [4.78, 5) is 0. The van der Waals surface area contributed by atoms with E-state index in [-0.39, 0.29) is 5.75 Å². The standard InChI is InChI=1S/C29H29FN4O3/c1-35-27-12-9-22(15-29(27)36-2)34-18-19-3-5-20(6-4-19)24-16-28(25(30)17-26(24)32)37-23-10-7-21(8-11-23)33-14-13-31/h3-17,33-34H,18,31-32H2,1-2H3/b14-13-. The maximum absolute atomic E-state index is 14.6. The molecule has 0 atom stereocenters. The summed E-state index contributed by atoms with van der Waals surface area (Å²) in [5.74, 6) is 1.38. The van der Waals surface area contributed by atoms with E-state index in [1.165, 1.54) is 12.3 Å². The molecular weight excluding hydrogens is 471 g/mol. The third-order valence-corrected chi connectivity index (χ3v) is 5.68. The average molecular weight is 501 g/mol. The van der Waals surface area contributed by atoms with E-state index < -0.39 is 5.82 Å². The fourth-order valence-corrected chi connectivity index (χ4v) is 3.74. The molecule has 8 heteroatoms. The lowest BCUT2D eigenvalue weighted by Crippen LogP contribution is -2.00. The highest BCUT2D eigenvalue weighted by atomic mass is 19.1. The number of benzene rings is 4. The van der Waals surface area contributed by atoms with Gasteiger partial charge in [-0.15, -0.1) is 0 Å². The second-order valence-electron chi connectivity index (χ2n) is 8.12. The van der Waals surface area contributed by atoms with Gasteiger partial charge in [-0.25, -0.2) is 4.39 Å². The summed E-state index contributed by atoms with van der Waals surface area (Å²) < 4.78 is 31.1. The Bertz CT molecular complexity index is 1370. The van der Waals surface area contributed by atoms with Crippen LogP contribution in [-0.2, 0) is 6.54 Å². The summed E-state index contributed by atoms with van der Waals surface area (Å²) in [7, 11) is 3.21. The molecule has 0 saturated heterocycles. The van der Waals surface area contributed by atoms with E-state index in [9.17, 15) is 4.39 Å². The Kier molecular flexibility index (Phi) is 8.00. The van der Waals surface area contributed by atoms with Gasteiger partial charge in [0, 0.05) is 53.7 Å². The highest BCUT2D eigenvalue weighted by Gasteiger charge is 2.12. The molecule has 4 aromatic carbocycles. The molecule has 0 heterocycles. The molecule has 0 spiro atoms. The highest BCUT2D eigenvalue weighted by molar-refractivity contribution is 5.78. The zero-order valence-corrected chi connectivity index (χ0v) is 20.6. The van der Waals surface area contributed by atoms with Crippen LogP contribution >= 0.6 is 0 Å². The maximum Gasteiger partial charge on any atom is 0.167 e. The number of hydrogen-bond donors (Lipinski definition) is 4. The average Bonchev–Trinajstić information content (AvgIpc) is 2.93. The van der Waals surface area contributed by atoms with E-state index in [4.69, 9.17) is 25.7 Å². The Balaban J connectivity index is 1.47. The topological polar surface area (TPSA) is 104 Å². The van der Waals surface area contributed by atoms with Crippen LogP contribution in [0.5, 0.6) is 23.0 Å². The molecule has 6 N–H and O–H groups in total. The number of nitrogen functional groups attached to an aromatic ring is 1. The minimum Gasteiger partial charge on any atom is -0.493 e. The number of halogens is 1. The van der Waals surface area contributed by atoms with Crippen LogP contribution in [-0.4, -0.2) is 14.2 Å². The molecule has 4 aromatic rings. The van der Waals surface area contributed by atoms with E-state index in [1.54, 1.807) is 50.8 Å². The molecule has 0 bridgehead atoms. The van der Waals surface area contributed by atoms with Crippen molar-refractivity contribution in [2.75, 3.05) is 30.6 Å². The van der Waals surface area contributed by atoms with Gasteiger partial charge in [0.1, 0.15) is 5.75 Å². The van der Waals surface area contributed by atoms with Crippen molar-refractivity contribution in [2.24, 2.45) is 5.73 Å². The molecule has 4 rings (SSSR count). The van der Waals surface area contributed by atoms with Crippen molar-refractivity contribution in [1.29, 1.82) is 0 Å². The predicted octanol–water partition coefficient (Wildman–Crippen LogP) is 6.34. The lowest BCUT2D eigenvalue weighted by atomic mass is 10.0. The SMILES string of the molecule is COc1ccc(NCc2ccc(-c3cc(Oc4ccc(N/C=C\N)cc4)c(F)cc3N)cc2)cc1OC. The molecule has 0 aliphatic carbocycles. The van der Waals surface area contributed by atoms with Crippen LogP contribution < -0.4 is 36.3 Å². The maximum atomic E-state index is 14.6. The zero-order chi connectivity index (χ0) is 26.2. The Morgan fingerprint density at radius 3 is 2.19 bits per heavy atom. The summed E-state index contributed by atoms with van der Waals surface area (Å²) in [6.45, 7) is 0.606. The van der Waals surface area contributed by atoms with Crippen molar-refractivity contribution in [1.82, 2.24) is 0 Å². The van der Waals surface area contributed by atoms with Crippen molar-refractivity contribution in [2.45, 2.75) is 6.54 Å². The summed E-state index contributed by atoms with van der Waals surface area (Å²) in [6, 6.07) is 23.5. The highest BCUT2D eigenvalue weighted by Crippen LogP contribution is 2.35. The van der Waals surface area contributed by atoms with Crippen LogP contribution in [0.3, 0.4) is 0 Å². The van der Waals surface area contributed by atoms with Crippen LogP contribution in [0.15, 0.2) is 91.3 Å². The second-order valence-corrected chi connectivity index (χ2v) is 8.12. The number of anilines is 3. The van der Waals surface area contributed by atoms with Gasteiger partial charge in [0.15, 0.2) is 23.1 Å². The summed E-state index contributed by atoms with van der Waals surface area (Å²) >= 11 is 0. The number of nitrogens with two attached hydrogens (primary N) is 2. The number of ether oxygens (including phenoxy) is 3. The lowest BCUT2D eigenvalue weighted by molar-refractivity contribution is 0.355. The molecular formula is C29H29FN4O3. The van der Waals surface area contributed by atoms with Gasteiger partial charge in [-0.3, -0.25) is 0 Å². The number of rotatable bonds is 10. The van der Waals surface area contributed by atoms with E-state index in [2.05, 4.69) is 10.6 Å². The van der Waals surface area contributed by atoms with Crippen molar-refractivity contribution < 1.29 is 18.6 Å². The number of nitrogens with one attached hydrogen (secondary N) is 2. The first kappa shape index (κ1) is 25.2. The van der Waals surface area contributed by atoms with Crippen molar-refractivity contribution >= 4 is 17.1 Å². The van der Waals surface area contributed by atoms with Gasteiger partial charge in [0.25, 0.3) is 0 Å². The molecule has 0 amide bonds. The Morgan fingerprint density at radius 2 is 1.51 bits per heavy atom. The minimum absolute atomic E-state index is 0.0889.